The van der Waals surface area contributed by atoms with Gasteiger partial charge >= 0.3 is 0 Å². The van der Waals surface area contributed by atoms with Gasteiger partial charge in [-0.3, -0.25) is 9.59 Å². The molecule has 1 fully saturated rings. The van der Waals surface area contributed by atoms with Crippen LogP contribution in [0.25, 0.3) is 0 Å². The second kappa shape index (κ2) is 8.67. The molecule has 1 unspecified atom stereocenters. The van der Waals surface area contributed by atoms with Crippen LogP contribution in [0.5, 0.6) is 0 Å². The molecule has 1 heterocycles. The summed E-state index contributed by atoms with van der Waals surface area (Å²) in [5.74, 6) is -0.216. The second-order valence-electron chi connectivity index (χ2n) is 5.91. The van der Waals surface area contributed by atoms with Gasteiger partial charge in [0.25, 0.3) is 11.8 Å². The van der Waals surface area contributed by atoms with E-state index in [9.17, 15) is 9.59 Å². The average Bonchev–Trinajstić information content (AvgIpc) is 2.55. The van der Waals surface area contributed by atoms with E-state index in [-0.39, 0.29) is 24.9 Å². The highest BCUT2D eigenvalue weighted by molar-refractivity contribution is 6.40. The molecule has 0 radical (unpaired) electrons. The standard InChI is InChI=1S/C16H21Cl2N3O3/c1-11-3-4-12(17)16(15(11)18)19-13(22)9-20(2)10-14(23)21-5-7-24-8-6-21/h3-4H,5-10H2,1-2H3,(H,19,22)/p+1. The summed E-state index contributed by atoms with van der Waals surface area (Å²) in [7, 11) is 1.80. The lowest BCUT2D eigenvalue weighted by Crippen LogP contribution is -3.11. The van der Waals surface area contributed by atoms with Gasteiger partial charge in [-0.05, 0) is 18.6 Å². The van der Waals surface area contributed by atoms with Gasteiger partial charge < -0.3 is 19.9 Å². The molecule has 2 amide bonds. The van der Waals surface area contributed by atoms with Gasteiger partial charge in [0.2, 0.25) is 0 Å². The van der Waals surface area contributed by atoms with Crippen LogP contribution in [0.3, 0.4) is 0 Å². The van der Waals surface area contributed by atoms with E-state index >= 15 is 0 Å². The van der Waals surface area contributed by atoms with Crippen LogP contribution in [0.15, 0.2) is 12.1 Å². The predicted molar refractivity (Wildman–Crippen MR) is 93.8 cm³/mol. The highest BCUT2D eigenvalue weighted by Gasteiger charge is 2.22. The number of morpholine rings is 1. The third kappa shape index (κ3) is 5.08. The largest absolute Gasteiger partial charge is 0.378 e. The van der Waals surface area contributed by atoms with Crippen LogP contribution in [0.2, 0.25) is 10.0 Å². The second-order valence-corrected chi connectivity index (χ2v) is 6.69. The first-order valence-electron chi connectivity index (χ1n) is 7.79. The number of benzene rings is 1. The van der Waals surface area contributed by atoms with Gasteiger partial charge in [0.05, 0.1) is 36.0 Å². The highest BCUT2D eigenvalue weighted by Crippen LogP contribution is 2.32. The van der Waals surface area contributed by atoms with E-state index in [1.165, 1.54) is 0 Å². The molecule has 132 valence electrons. The van der Waals surface area contributed by atoms with Crippen molar-refractivity contribution in [3.05, 3.63) is 27.7 Å². The molecule has 1 aromatic carbocycles. The highest BCUT2D eigenvalue weighted by atomic mass is 35.5. The van der Waals surface area contributed by atoms with Crippen molar-refractivity contribution in [3.63, 3.8) is 0 Å². The molecular formula is C16H22Cl2N3O3+. The van der Waals surface area contributed by atoms with Crippen molar-refractivity contribution in [1.29, 1.82) is 0 Å². The van der Waals surface area contributed by atoms with E-state index in [0.717, 1.165) is 10.5 Å². The summed E-state index contributed by atoms with van der Waals surface area (Å²) >= 11 is 12.3. The van der Waals surface area contributed by atoms with Gasteiger partial charge in [-0.2, -0.15) is 0 Å². The van der Waals surface area contributed by atoms with Crippen LogP contribution in [-0.2, 0) is 14.3 Å². The number of halogens is 2. The minimum Gasteiger partial charge on any atom is -0.378 e. The van der Waals surface area contributed by atoms with E-state index in [4.69, 9.17) is 27.9 Å². The lowest BCUT2D eigenvalue weighted by Gasteiger charge is -2.27. The summed E-state index contributed by atoms with van der Waals surface area (Å²) in [4.78, 5) is 26.9. The van der Waals surface area contributed by atoms with Crippen molar-refractivity contribution in [2.45, 2.75) is 6.92 Å². The molecule has 24 heavy (non-hydrogen) atoms. The van der Waals surface area contributed by atoms with Crippen LogP contribution >= 0.6 is 23.2 Å². The van der Waals surface area contributed by atoms with E-state index in [0.29, 0.717) is 42.0 Å². The molecule has 0 bridgehead atoms. The van der Waals surface area contributed by atoms with E-state index in [1.807, 2.05) is 6.92 Å². The van der Waals surface area contributed by atoms with E-state index < -0.39 is 0 Å². The van der Waals surface area contributed by atoms with Gasteiger partial charge in [0.15, 0.2) is 13.1 Å². The first-order valence-corrected chi connectivity index (χ1v) is 8.55. The summed E-state index contributed by atoms with van der Waals surface area (Å²) in [6, 6.07) is 3.48. The molecule has 0 saturated carbocycles. The van der Waals surface area contributed by atoms with Crippen molar-refractivity contribution in [1.82, 2.24) is 4.90 Å². The van der Waals surface area contributed by atoms with Gasteiger partial charge in [-0.1, -0.05) is 29.3 Å². The lowest BCUT2D eigenvalue weighted by molar-refractivity contribution is -0.862. The monoisotopic (exact) mass is 374 g/mol. The Labute approximate surface area is 151 Å². The normalized spacial score (nSPS) is 15.9. The number of aryl methyl sites for hydroxylation is 1. The van der Waals surface area contributed by atoms with Crippen LogP contribution in [0, 0.1) is 6.92 Å². The quantitative estimate of drug-likeness (QED) is 0.793. The molecule has 1 aliphatic heterocycles. The van der Waals surface area contributed by atoms with Gasteiger partial charge in [0, 0.05) is 13.1 Å². The van der Waals surface area contributed by atoms with Crippen LogP contribution in [0.4, 0.5) is 5.69 Å². The van der Waals surface area contributed by atoms with E-state index in [2.05, 4.69) is 5.32 Å². The molecule has 1 atom stereocenters. The number of hydrogen-bond donors (Lipinski definition) is 2. The number of carbonyl (C=O) groups is 2. The maximum absolute atomic E-state index is 12.2. The Kier molecular flexibility index (Phi) is 6.86. The third-order valence-corrected chi connectivity index (χ3v) is 4.63. The Morgan fingerprint density at radius 3 is 2.58 bits per heavy atom. The number of nitrogens with one attached hydrogen (secondary N) is 2. The summed E-state index contributed by atoms with van der Waals surface area (Å²) < 4.78 is 5.23. The lowest BCUT2D eigenvalue weighted by atomic mass is 10.2. The fraction of sp³-hybridized carbons (Fsp3) is 0.500. The molecule has 0 aromatic heterocycles. The predicted octanol–water partition coefficient (Wildman–Crippen LogP) is 0.614. The number of rotatable bonds is 5. The minimum atomic E-state index is -0.239. The molecule has 1 aliphatic rings. The number of hydrogen-bond acceptors (Lipinski definition) is 3. The van der Waals surface area contributed by atoms with Crippen molar-refractivity contribution < 1.29 is 19.2 Å². The Bertz CT molecular complexity index is 619. The number of carbonyl (C=O) groups excluding carboxylic acids is 2. The van der Waals surface area contributed by atoms with Crippen molar-refractivity contribution in [2.24, 2.45) is 0 Å². The Morgan fingerprint density at radius 2 is 1.92 bits per heavy atom. The zero-order valence-corrected chi connectivity index (χ0v) is 15.3. The first kappa shape index (κ1) is 19.0. The number of nitrogens with zero attached hydrogens (tertiary/aromatic N) is 1. The number of quaternary nitrogens is 1. The van der Waals surface area contributed by atoms with Gasteiger partial charge in [-0.15, -0.1) is 0 Å². The van der Waals surface area contributed by atoms with E-state index in [1.54, 1.807) is 24.1 Å². The number of likely N-dealkylation sites (N-methyl/N-ethyl adjacent to an activating group) is 1. The number of ether oxygens (including phenoxy) is 1. The molecule has 0 spiro atoms. The maximum atomic E-state index is 12.2. The minimum absolute atomic E-state index is 0.0234. The number of amides is 2. The molecule has 2 rings (SSSR count). The molecule has 1 aromatic rings. The fourth-order valence-corrected chi connectivity index (χ4v) is 2.94. The summed E-state index contributed by atoms with van der Waals surface area (Å²) in [5.41, 5.74) is 1.25. The maximum Gasteiger partial charge on any atom is 0.279 e. The SMILES string of the molecule is Cc1ccc(Cl)c(NC(=O)C[NH+](C)CC(=O)N2CCOCC2)c1Cl. The van der Waals surface area contributed by atoms with Gasteiger partial charge in [0.1, 0.15) is 0 Å². The van der Waals surface area contributed by atoms with Crippen molar-refractivity contribution >= 4 is 40.7 Å². The molecule has 2 N–H and O–H groups in total. The topological polar surface area (TPSA) is 63.1 Å². The van der Waals surface area contributed by atoms with Gasteiger partial charge in [-0.25, -0.2) is 0 Å². The zero-order chi connectivity index (χ0) is 17.7. The summed E-state index contributed by atoms with van der Waals surface area (Å²) in [6.45, 7) is 4.58. The Morgan fingerprint density at radius 1 is 1.25 bits per heavy atom. The Hall–Kier alpha value is -1.34. The average molecular weight is 375 g/mol. The molecule has 0 aliphatic carbocycles. The smallest absolute Gasteiger partial charge is 0.279 e. The van der Waals surface area contributed by atoms with Crippen LogP contribution in [0.1, 0.15) is 5.56 Å². The zero-order valence-electron chi connectivity index (χ0n) is 13.8. The molecule has 1 saturated heterocycles. The molecule has 8 heteroatoms. The number of anilines is 1. The first-order chi connectivity index (χ1) is 11.4. The van der Waals surface area contributed by atoms with Crippen LogP contribution in [-0.4, -0.2) is 63.2 Å². The Balaban J connectivity index is 1.88. The molecule has 6 nitrogen and oxygen atoms in total. The van der Waals surface area contributed by atoms with Crippen LogP contribution < -0.4 is 10.2 Å². The fourth-order valence-electron chi connectivity index (χ4n) is 2.47. The molecular weight excluding hydrogens is 353 g/mol. The summed E-state index contributed by atoms with van der Waals surface area (Å²) in [5, 5.41) is 3.55. The summed E-state index contributed by atoms with van der Waals surface area (Å²) in [6.07, 6.45) is 0. The van der Waals surface area contributed by atoms with Crippen molar-refractivity contribution in [3.8, 4) is 0 Å². The van der Waals surface area contributed by atoms with Crippen molar-refractivity contribution in [2.75, 3.05) is 51.8 Å². The third-order valence-electron chi connectivity index (χ3n) is 3.83.